The van der Waals surface area contributed by atoms with E-state index in [-0.39, 0.29) is 5.91 Å². The maximum absolute atomic E-state index is 12.5. The quantitative estimate of drug-likeness (QED) is 0.527. The predicted octanol–water partition coefficient (Wildman–Crippen LogP) is 3.06. The third kappa shape index (κ3) is 3.55. The molecule has 1 atom stereocenters. The first-order valence-electron chi connectivity index (χ1n) is 7.97. The van der Waals surface area contributed by atoms with E-state index in [4.69, 9.17) is 10.2 Å². The first-order valence-corrected chi connectivity index (χ1v) is 8.85. The van der Waals surface area contributed by atoms with E-state index < -0.39 is 11.2 Å². The van der Waals surface area contributed by atoms with Gasteiger partial charge in [-0.05, 0) is 32.9 Å². The summed E-state index contributed by atoms with van der Waals surface area (Å²) in [6.45, 7) is 5.36. The summed E-state index contributed by atoms with van der Waals surface area (Å²) in [5, 5.41) is 3.25. The lowest BCUT2D eigenvalue weighted by atomic mass is 10.2. The summed E-state index contributed by atoms with van der Waals surface area (Å²) in [5.41, 5.74) is 7.03. The lowest BCUT2D eigenvalue weighted by Gasteiger charge is -2.09. The topological polar surface area (TPSA) is 111 Å². The number of aromatic nitrogens is 2. The van der Waals surface area contributed by atoms with Crippen LogP contribution in [-0.2, 0) is 4.79 Å². The smallest absolute Gasteiger partial charge is 0.256 e. The molecule has 2 amide bonds. The van der Waals surface area contributed by atoms with Gasteiger partial charge in [-0.2, -0.15) is 4.98 Å². The zero-order valence-corrected chi connectivity index (χ0v) is 15.4. The van der Waals surface area contributed by atoms with Crippen molar-refractivity contribution in [2.75, 3.05) is 5.32 Å². The minimum absolute atomic E-state index is 0.289. The monoisotopic (exact) mass is 370 g/mol. The summed E-state index contributed by atoms with van der Waals surface area (Å²) in [6.07, 6.45) is 0. The number of nitrogens with two attached hydrogens (primary N) is 1. The van der Waals surface area contributed by atoms with Crippen molar-refractivity contribution in [2.45, 2.75) is 31.2 Å². The average Bonchev–Trinajstić information content (AvgIpc) is 2.89. The Hall–Kier alpha value is -2.87. The molecule has 0 fully saturated rings. The summed E-state index contributed by atoms with van der Waals surface area (Å²) in [6, 6.07) is 8.84. The van der Waals surface area contributed by atoms with Crippen LogP contribution >= 0.6 is 11.8 Å². The number of benzene rings is 1. The molecule has 0 saturated heterocycles. The zero-order valence-electron chi connectivity index (χ0n) is 14.6. The van der Waals surface area contributed by atoms with Gasteiger partial charge < -0.3 is 15.5 Å². The molecule has 0 radical (unpaired) electrons. The number of thioether (sulfide) groups is 1. The largest absolute Gasteiger partial charge is 0.443 e. The van der Waals surface area contributed by atoms with Gasteiger partial charge in [-0.15, -0.1) is 0 Å². The number of primary amides is 1. The van der Waals surface area contributed by atoms with Crippen LogP contribution in [0.1, 0.15) is 28.6 Å². The summed E-state index contributed by atoms with van der Waals surface area (Å²) in [4.78, 5) is 32.6. The minimum atomic E-state index is -0.512. The number of fused-ring (bicyclic) bond motifs is 1. The van der Waals surface area contributed by atoms with E-state index in [1.807, 2.05) is 19.9 Å². The van der Waals surface area contributed by atoms with Gasteiger partial charge in [-0.1, -0.05) is 30.0 Å². The first kappa shape index (κ1) is 17.9. The molecule has 26 heavy (non-hydrogen) atoms. The highest BCUT2D eigenvalue weighted by molar-refractivity contribution is 8.00. The van der Waals surface area contributed by atoms with Crippen LogP contribution in [0.3, 0.4) is 0 Å². The molecule has 8 heteroatoms. The summed E-state index contributed by atoms with van der Waals surface area (Å²) in [5.74, 6) is 0.273. The lowest BCUT2D eigenvalue weighted by Crippen LogP contribution is -2.23. The Morgan fingerprint density at radius 2 is 1.88 bits per heavy atom. The number of carbonyl (C=O) groups is 2. The van der Waals surface area contributed by atoms with Crippen LogP contribution < -0.4 is 11.1 Å². The molecule has 7 nitrogen and oxygen atoms in total. The molecule has 134 valence electrons. The van der Waals surface area contributed by atoms with Gasteiger partial charge in [0.25, 0.3) is 5.91 Å². The maximum Gasteiger partial charge on any atom is 0.256 e. The maximum atomic E-state index is 12.5. The van der Waals surface area contributed by atoms with Crippen LogP contribution in [-0.4, -0.2) is 27.0 Å². The Bertz CT molecular complexity index is 985. The van der Waals surface area contributed by atoms with Gasteiger partial charge in [-0.3, -0.25) is 9.59 Å². The van der Waals surface area contributed by atoms with E-state index in [1.165, 1.54) is 0 Å². The van der Waals surface area contributed by atoms with Crippen molar-refractivity contribution in [3.63, 3.8) is 0 Å². The van der Waals surface area contributed by atoms with Crippen LogP contribution in [0, 0.1) is 13.8 Å². The van der Waals surface area contributed by atoms with Crippen LogP contribution in [0.5, 0.6) is 0 Å². The Balaban J connectivity index is 2.03. The van der Waals surface area contributed by atoms with Crippen LogP contribution in [0.4, 0.5) is 5.82 Å². The SMILES string of the molecule is Cc1oc2nc(SC(C)C(N)=O)nc(NC(=O)c3ccccc3)c2c1C. The highest BCUT2D eigenvalue weighted by Gasteiger charge is 2.20. The van der Waals surface area contributed by atoms with Crippen molar-refractivity contribution in [3.05, 3.63) is 47.2 Å². The Kier molecular flexibility index (Phi) is 4.94. The van der Waals surface area contributed by atoms with E-state index in [1.54, 1.807) is 31.2 Å². The molecule has 3 aromatic rings. The number of amides is 2. The molecule has 1 aromatic carbocycles. The summed E-state index contributed by atoms with van der Waals surface area (Å²) in [7, 11) is 0. The molecule has 0 aliphatic heterocycles. The van der Waals surface area contributed by atoms with Gasteiger partial charge in [-0.25, -0.2) is 4.98 Å². The molecule has 3 rings (SSSR count). The molecule has 3 N–H and O–H groups in total. The second-order valence-corrected chi connectivity index (χ2v) is 7.11. The predicted molar refractivity (Wildman–Crippen MR) is 100 cm³/mol. The number of nitrogens with one attached hydrogen (secondary N) is 1. The number of carbonyl (C=O) groups excluding carboxylic acids is 2. The fourth-order valence-corrected chi connectivity index (χ4v) is 3.07. The van der Waals surface area contributed by atoms with Gasteiger partial charge in [0, 0.05) is 11.1 Å². The zero-order chi connectivity index (χ0) is 18.8. The highest BCUT2D eigenvalue weighted by Crippen LogP contribution is 2.32. The van der Waals surface area contributed by atoms with Gasteiger partial charge in [0.1, 0.15) is 11.6 Å². The molecular weight excluding hydrogens is 352 g/mol. The van der Waals surface area contributed by atoms with Crippen molar-refractivity contribution >= 4 is 40.5 Å². The molecule has 0 spiro atoms. The van der Waals surface area contributed by atoms with Crippen molar-refractivity contribution in [1.82, 2.24) is 9.97 Å². The van der Waals surface area contributed by atoms with E-state index in [0.29, 0.717) is 33.4 Å². The second kappa shape index (κ2) is 7.17. The fraction of sp³-hybridized carbons (Fsp3) is 0.222. The molecule has 0 bridgehead atoms. The number of rotatable bonds is 5. The van der Waals surface area contributed by atoms with E-state index in [0.717, 1.165) is 17.3 Å². The Labute approximate surface area is 154 Å². The van der Waals surface area contributed by atoms with Crippen LogP contribution in [0.25, 0.3) is 11.1 Å². The highest BCUT2D eigenvalue weighted by atomic mass is 32.2. The molecule has 0 saturated carbocycles. The van der Waals surface area contributed by atoms with Crippen molar-refractivity contribution in [1.29, 1.82) is 0 Å². The summed E-state index contributed by atoms with van der Waals surface area (Å²) < 4.78 is 5.68. The Morgan fingerprint density at radius 3 is 2.54 bits per heavy atom. The standard InChI is InChI=1S/C18H18N4O3S/c1-9-10(2)25-17-13(9)15(20-16(24)12-7-5-4-6-8-12)21-18(22-17)26-11(3)14(19)23/h4-8,11H,1-3H3,(H2,19,23)(H,20,21,22,24). The molecule has 2 aromatic heterocycles. The Morgan fingerprint density at radius 1 is 1.19 bits per heavy atom. The number of hydrogen-bond acceptors (Lipinski definition) is 6. The van der Waals surface area contributed by atoms with Crippen molar-refractivity contribution in [3.8, 4) is 0 Å². The number of furan rings is 1. The molecular formula is C18H18N4O3S. The lowest BCUT2D eigenvalue weighted by molar-refractivity contribution is -0.117. The normalized spacial score (nSPS) is 12.1. The van der Waals surface area contributed by atoms with E-state index >= 15 is 0 Å². The van der Waals surface area contributed by atoms with Crippen LogP contribution in [0.15, 0.2) is 39.9 Å². The van der Waals surface area contributed by atoms with Crippen molar-refractivity contribution in [2.24, 2.45) is 5.73 Å². The van der Waals surface area contributed by atoms with Gasteiger partial charge >= 0.3 is 0 Å². The molecule has 1 unspecified atom stereocenters. The van der Waals surface area contributed by atoms with Gasteiger partial charge in [0.05, 0.1) is 10.6 Å². The third-order valence-corrected chi connectivity index (χ3v) is 4.94. The number of nitrogens with zero attached hydrogens (tertiary/aromatic N) is 2. The molecule has 2 heterocycles. The second-order valence-electron chi connectivity index (χ2n) is 5.80. The average molecular weight is 370 g/mol. The minimum Gasteiger partial charge on any atom is -0.443 e. The first-order chi connectivity index (χ1) is 12.4. The number of hydrogen-bond donors (Lipinski definition) is 2. The molecule has 0 aliphatic rings. The summed E-state index contributed by atoms with van der Waals surface area (Å²) >= 11 is 1.11. The van der Waals surface area contributed by atoms with E-state index in [9.17, 15) is 9.59 Å². The van der Waals surface area contributed by atoms with E-state index in [2.05, 4.69) is 15.3 Å². The third-order valence-electron chi connectivity index (χ3n) is 3.96. The number of anilines is 1. The number of aryl methyl sites for hydroxylation is 2. The van der Waals surface area contributed by atoms with Gasteiger partial charge in [0.2, 0.25) is 11.6 Å². The van der Waals surface area contributed by atoms with Crippen LogP contribution in [0.2, 0.25) is 0 Å². The fourth-order valence-electron chi connectivity index (χ4n) is 2.36. The van der Waals surface area contributed by atoms with Crippen molar-refractivity contribution < 1.29 is 14.0 Å². The van der Waals surface area contributed by atoms with Gasteiger partial charge in [0.15, 0.2) is 5.16 Å². The molecule has 0 aliphatic carbocycles.